The first-order valence-corrected chi connectivity index (χ1v) is 8.20. The molecule has 0 radical (unpaired) electrons. The summed E-state index contributed by atoms with van der Waals surface area (Å²) in [5, 5.41) is 0. The average molecular weight is 318 g/mol. The van der Waals surface area contributed by atoms with Crippen molar-refractivity contribution in [2.45, 2.75) is 33.2 Å². The highest BCUT2D eigenvalue weighted by Crippen LogP contribution is 2.29. The van der Waals surface area contributed by atoms with Crippen LogP contribution in [0.1, 0.15) is 48.4 Å². The molecule has 1 aromatic carbocycles. The van der Waals surface area contributed by atoms with E-state index in [1.54, 1.807) is 24.3 Å². The molecule has 5 nitrogen and oxygen atoms in total. The number of fused-ring (bicyclic) bond motifs is 1. The summed E-state index contributed by atoms with van der Waals surface area (Å²) in [7, 11) is 0. The van der Waals surface area contributed by atoms with Gasteiger partial charge in [0.25, 0.3) is 11.8 Å². The lowest BCUT2D eigenvalue weighted by Crippen LogP contribution is -2.50. The Hall–Kier alpha value is -1.72. The molecule has 0 bridgehead atoms. The van der Waals surface area contributed by atoms with Crippen molar-refractivity contribution in [3.8, 4) is 0 Å². The molecule has 1 aromatic rings. The number of carbonyl (C=O) groups is 2. The number of rotatable bonds is 8. The second kappa shape index (κ2) is 7.23. The molecule has 0 N–H and O–H groups in total. The highest BCUT2D eigenvalue weighted by Gasteiger charge is 2.43. The molecule has 0 saturated heterocycles. The Kier molecular flexibility index (Phi) is 5.55. The Labute approximate surface area is 138 Å². The number of amides is 2. The molecular weight excluding hydrogens is 292 g/mol. The van der Waals surface area contributed by atoms with Crippen molar-refractivity contribution < 1.29 is 14.3 Å². The summed E-state index contributed by atoms with van der Waals surface area (Å²) in [6, 6.07) is 6.96. The molecule has 0 aliphatic carbocycles. The summed E-state index contributed by atoms with van der Waals surface area (Å²) in [4.78, 5) is 28.7. The SMILES string of the molecule is CCN(CC)CCOCC(C)(C)N1C(=O)c2ccccc2C1=O. The van der Waals surface area contributed by atoms with Crippen LogP contribution in [-0.4, -0.2) is 60.0 Å². The molecule has 0 atom stereocenters. The van der Waals surface area contributed by atoms with Gasteiger partial charge in [-0.2, -0.15) is 0 Å². The van der Waals surface area contributed by atoms with Crippen LogP contribution in [0.5, 0.6) is 0 Å². The standard InChI is InChI=1S/C18H26N2O3/c1-5-19(6-2)11-12-23-13-18(3,4)20-16(21)14-9-7-8-10-15(14)17(20)22/h7-10H,5-6,11-13H2,1-4H3. The van der Waals surface area contributed by atoms with Crippen molar-refractivity contribution in [3.63, 3.8) is 0 Å². The van der Waals surface area contributed by atoms with E-state index in [2.05, 4.69) is 18.7 Å². The van der Waals surface area contributed by atoms with Crippen LogP contribution in [0.2, 0.25) is 0 Å². The van der Waals surface area contributed by atoms with Crippen LogP contribution in [0.15, 0.2) is 24.3 Å². The largest absolute Gasteiger partial charge is 0.378 e. The van der Waals surface area contributed by atoms with Crippen LogP contribution < -0.4 is 0 Å². The Balaban J connectivity index is 1.98. The van der Waals surface area contributed by atoms with Crippen LogP contribution in [0, 0.1) is 0 Å². The fourth-order valence-corrected chi connectivity index (χ4v) is 2.86. The van der Waals surface area contributed by atoms with E-state index in [1.165, 1.54) is 4.90 Å². The van der Waals surface area contributed by atoms with Crippen molar-refractivity contribution in [1.82, 2.24) is 9.80 Å². The molecule has 1 aliphatic rings. The first kappa shape index (κ1) is 17.6. The number of ether oxygens (including phenoxy) is 1. The van der Waals surface area contributed by atoms with Gasteiger partial charge in [0.2, 0.25) is 0 Å². The zero-order chi connectivity index (χ0) is 17.0. The molecule has 0 unspecified atom stereocenters. The molecule has 2 amide bonds. The molecule has 2 rings (SSSR count). The fraction of sp³-hybridized carbons (Fsp3) is 0.556. The zero-order valence-corrected chi connectivity index (χ0v) is 14.5. The van der Waals surface area contributed by atoms with E-state index in [-0.39, 0.29) is 11.8 Å². The molecule has 1 heterocycles. The van der Waals surface area contributed by atoms with Crippen molar-refractivity contribution in [1.29, 1.82) is 0 Å². The normalized spacial score (nSPS) is 14.7. The highest BCUT2D eigenvalue weighted by molar-refractivity contribution is 6.21. The predicted molar refractivity (Wildman–Crippen MR) is 89.6 cm³/mol. The number of nitrogens with zero attached hydrogens (tertiary/aromatic N) is 2. The van der Waals surface area contributed by atoms with Crippen molar-refractivity contribution in [2.75, 3.05) is 32.8 Å². The third kappa shape index (κ3) is 3.62. The van der Waals surface area contributed by atoms with E-state index < -0.39 is 5.54 Å². The number of likely N-dealkylation sites (N-methyl/N-ethyl adjacent to an activating group) is 1. The highest BCUT2D eigenvalue weighted by atomic mass is 16.5. The molecule has 0 spiro atoms. The van der Waals surface area contributed by atoms with Gasteiger partial charge in [-0.05, 0) is 39.1 Å². The Bertz CT molecular complexity index is 544. The Morgan fingerprint density at radius 2 is 1.57 bits per heavy atom. The molecule has 1 aliphatic heterocycles. The molecule has 0 saturated carbocycles. The van der Waals surface area contributed by atoms with Crippen molar-refractivity contribution in [2.24, 2.45) is 0 Å². The maximum atomic E-state index is 12.5. The molecule has 126 valence electrons. The fourth-order valence-electron chi connectivity index (χ4n) is 2.86. The van der Waals surface area contributed by atoms with Crippen molar-refractivity contribution >= 4 is 11.8 Å². The number of benzene rings is 1. The lowest BCUT2D eigenvalue weighted by molar-refractivity contribution is 0.0121. The predicted octanol–water partition coefficient (Wildman–Crippen LogP) is 2.42. The quantitative estimate of drug-likeness (QED) is 0.545. The lowest BCUT2D eigenvalue weighted by Gasteiger charge is -2.33. The smallest absolute Gasteiger partial charge is 0.262 e. The van der Waals surface area contributed by atoms with Crippen molar-refractivity contribution in [3.05, 3.63) is 35.4 Å². The van der Waals surface area contributed by atoms with E-state index in [1.807, 2.05) is 13.8 Å². The number of carbonyl (C=O) groups excluding carboxylic acids is 2. The summed E-state index contributed by atoms with van der Waals surface area (Å²) >= 11 is 0. The van der Waals surface area contributed by atoms with Crippen LogP contribution in [0.3, 0.4) is 0 Å². The minimum absolute atomic E-state index is 0.233. The van der Waals surface area contributed by atoms with Gasteiger partial charge in [-0.1, -0.05) is 26.0 Å². The van der Waals surface area contributed by atoms with Gasteiger partial charge >= 0.3 is 0 Å². The second-order valence-electron chi connectivity index (χ2n) is 6.38. The average Bonchev–Trinajstić information content (AvgIpc) is 2.80. The monoisotopic (exact) mass is 318 g/mol. The first-order valence-electron chi connectivity index (χ1n) is 8.20. The molecule has 0 fully saturated rings. The lowest BCUT2D eigenvalue weighted by atomic mass is 10.0. The maximum absolute atomic E-state index is 12.5. The topological polar surface area (TPSA) is 49.9 Å². The Morgan fingerprint density at radius 1 is 1.04 bits per heavy atom. The minimum atomic E-state index is -0.670. The molecule has 0 aromatic heterocycles. The van der Waals surface area contributed by atoms with Gasteiger partial charge in [-0.25, -0.2) is 0 Å². The van der Waals surface area contributed by atoms with E-state index in [0.29, 0.717) is 24.3 Å². The summed E-state index contributed by atoms with van der Waals surface area (Å²) in [5.74, 6) is -0.467. The van der Waals surface area contributed by atoms with E-state index >= 15 is 0 Å². The third-order valence-corrected chi connectivity index (χ3v) is 4.30. The van der Waals surface area contributed by atoms with Gasteiger partial charge in [0.05, 0.1) is 29.9 Å². The molecular formula is C18H26N2O3. The van der Waals surface area contributed by atoms with Gasteiger partial charge in [-0.3, -0.25) is 14.5 Å². The third-order valence-electron chi connectivity index (χ3n) is 4.30. The number of hydrogen-bond acceptors (Lipinski definition) is 4. The summed E-state index contributed by atoms with van der Waals surface area (Å²) in [6.07, 6.45) is 0. The molecule has 5 heteroatoms. The summed E-state index contributed by atoms with van der Waals surface area (Å²) in [6.45, 7) is 11.7. The zero-order valence-electron chi connectivity index (χ0n) is 14.5. The van der Waals surface area contributed by atoms with Crippen LogP contribution in [0.4, 0.5) is 0 Å². The maximum Gasteiger partial charge on any atom is 0.262 e. The van der Waals surface area contributed by atoms with Gasteiger partial charge < -0.3 is 9.64 Å². The van der Waals surface area contributed by atoms with Gasteiger partial charge in [0, 0.05) is 6.54 Å². The van der Waals surface area contributed by atoms with E-state index in [4.69, 9.17) is 4.74 Å². The number of hydrogen-bond donors (Lipinski definition) is 0. The second-order valence-corrected chi connectivity index (χ2v) is 6.38. The summed E-state index contributed by atoms with van der Waals surface area (Å²) < 4.78 is 5.75. The van der Waals surface area contributed by atoms with E-state index in [9.17, 15) is 9.59 Å². The van der Waals surface area contributed by atoms with Gasteiger partial charge in [-0.15, -0.1) is 0 Å². The minimum Gasteiger partial charge on any atom is -0.378 e. The van der Waals surface area contributed by atoms with Crippen LogP contribution in [-0.2, 0) is 4.74 Å². The number of imide groups is 1. The van der Waals surface area contributed by atoms with Gasteiger partial charge in [0.1, 0.15) is 0 Å². The molecule has 23 heavy (non-hydrogen) atoms. The first-order chi connectivity index (χ1) is 10.9. The summed E-state index contributed by atoms with van der Waals surface area (Å²) in [5.41, 5.74) is 0.290. The van der Waals surface area contributed by atoms with E-state index in [0.717, 1.165) is 19.6 Å². The van der Waals surface area contributed by atoms with Crippen LogP contribution >= 0.6 is 0 Å². The van der Waals surface area contributed by atoms with Gasteiger partial charge in [0.15, 0.2) is 0 Å². The Morgan fingerprint density at radius 3 is 2.04 bits per heavy atom. The van der Waals surface area contributed by atoms with Crippen LogP contribution in [0.25, 0.3) is 0 Å².